The van der Waals surface area contributed by atoms with Gasteiger partial charge in [0.1, 0.15) is 5.57 Å². The van der Waals surface area contributed by atoms with Crippen molar-refractivity contribution in [2.45, 2.75) is 88.1 Å². The maximum Gasteiger partial charge on any atom is 0.466 e. The largest absolute Gasteiger partial charge is 0.466 e. The third-order valence-corrected chi connectivity index (χ3v) is 6.22. The summed E-state index contributed by atoms with van der Waals surface area (Å²) >= 11 is 0. The molecule has 0 aromatic rings. The van der Waals surface area contributed by atoms with Crippen LogP contribution in [-0.4, -0.2) is 78.8 Å². The molecule has 40 heavy (non-hydrogen) atoms. The van der Waals surface area contributed by atoms with Crippen molar-refractivity contribution in [3.05, 3.63) is 12.2 Å². The van der Waals surface area contributed by atoms with E-state index in [-0.39, 0.29) is 25.9 Å². The minimum atomic E-state index is -6.59. The van der Waals surface area contributed by atoms with Gasteiger partial charge in [-0.25, -0.2) is 4.79 Å². The van der Waals surface area contributed by atoms with Crippen molar-refractivity contribution < 1.29 is 75.9 Å². The van der Waals surface area contributed by atoms with E-state index in [4.69, 9.17) is 4.55 Å². The van der Waals surface area contributed by atoms with E-state index in [1.54, 1.807) is 13.8 Å². The molecule has 1 atom stereocenters. The number of carbonyl (C=O) groups is 2. The molecule has 0 aromatic carbocycles. The van der Waals surface area contributed by atoms with E-state index in [1.165, 1.54) is 0 Å². The van der Waals surface area contributed by atoms with Crippen LogP contribution in [0.4, 0.5) is 43.9 Å². The van der Waals surface area contributed by atoms with E-state index in [9.17, 15) is 61.9 Å². The highest BCUT2D eigenvalue weighted by Crippen LogP contribution is 2.42. The van der Waals surface area contributed by atoms with Crippen molar-refractivity contribution in [3.63, 3.8) is 0 Å². The molecule has 1 amide bonds. The molecule has 1 unspecified atom stereocenters. The average Bonchev–Trinajstić information content (AvgIpc) is 2.79. The van der Waals surface area contributed by atoms with E-state index in [0.29, 0.717) is 17.7 Å². The Labute approximate surface area is 223 Å². The molecule has 0 aliphatic heterocycles. The number of unbranched alkanes of at least 4 members (excludes halogenated alkanes) is 3. The van der Waals surface area contributed by atoms with Crippen molar-refractivity contribution in [1.82, 2.24) is 4.90 Å². The fourth-order valence-electron chi connectivity index (χ4n) is 2.92. The second-order valence-corrected chi connectivity index (χ2v) is 9.94. The first-order valence-corrected chi connectivity index (χ1v) is 13.1. The highest BCUT2D eigenvalue weighted by molar-refractivity contribution is 7.87. The second-order valence-electron chi connectivity index (χ2n) is 8.48. The smallest absolute Gasteiger partial charge is 0.412 e. The second kappa shape index (κ2) is 14.2. The molecule has 0 saturated heterocycles. The summed E-state index contributed by atoms with van der Waals surface area (Å²) in [5, 5.41) is -5.96. The molecule has 0 aliphatic rings. The number of hydrogen-bond acceptors (Lipinski definition) is 6. The Morgan fingerprint density at radius 1 is 0.850 bits per heavy atom. The van der Waals surface area contributed by atoms with Crippen molar-refractivity contribution in [1.29, 1.82) is 0 Å². The van der Waals surface area contributed by atoms with Crippen LogP contribution in [0, 0.1) is 0 Å². The molecule has 236 valence electrons. The Balaban J connectivity index is 6.24. The Morgan fingerprint density at radius 3 is 1.70 bits per heavy atom. The number of carbonyl (C=O) groups excluding carboxylic acids is 2. The average molecular weight is 630 g/mol. The zero-order valence-electron chi connectivity index (χ0n) is 21.3. The zero-order valence-corrected chi connectivity index (χ0v) is 22.1. The highest BCUT2D eigenvalue weighted by atomic mass is 32.2. The summed E-state index contributed by atoms with van der Waals surface area (Å²) in [5.74, 6) is -15.0. The van der Waals surface area contributed by atoms with Crippen LogP contribution in [0.25, 0.3) is 0 Å². The monoisotopic (exact) mass is 629 g/mol. The molecule has 0 aromatic heterocycles. The maximum atomic E-state index is 14.3. The van der Waals surface area contributed by atoms with E-state index in [2.05, 4.69) is 16.1 Å². The third kappa shape index (κ3) is 9.46. The van der Waals surface area contributed by atoms with E-state index >= 15 is 0 Å². The van der Waals surface area contributed by atoms with Gasteiger partial charge in [-0.1, -0.05) is 33.3 Å². The third-order valence-electron chi connectivity index (χ3n) is 5.27. The standard InChI is InChI=1S/C21H29F10NO7S/c1-4-6-11-32(12-7-5-2)16(34)18(20(27,28)29,39-15(33)14(3)19(24,25)26)38-13-9-8-10-17(22,23)21(30,31)40(35,36)37/h3-13H2,1-2H3,(H,35,36,37). The topological polar surface area (TPSA) is 110 Å². The number of nitrogens with zero attached hydrogens (tertiary/aromatic N) is 1. The molecular weight excluding hydrogens is 600 g/mol. The van der Waals surface area contributed by atoms with Crippen LogP contribution in [0.15, 0.2) is 12.2 Å². The van der Waals surface area contributed by atoms with Gasteiger partial charge < -0.3 is 14.4 Å². The van der Waals surface area contributed by atoms with Gasteiger partial charge in [-0.05, 0) is 25.7 Å². The molecule has 0 rings (SSSR count). The predicted octanol–water partition coefficient (Wildman–Crippen LogP) is 5.64. The molecule has 19 heteroatoms. The molecule has 0 bridgehead atoms. The van der Waals surface area contributed by atoms with Gasteiger partial charge in [0.25, 0.3) is 0 Å². The number of hydrogen-bond donors (Lipinski definition) is 1. The molecular formula is C21H29F10NO7S. The van der Waals surface area contributed by atoms with Gasteiger partial charge in [-0.15, -0.1) is 0 Å². The van der Waals surface area contributed by atoms with E-state index < -0.39 is 82.8 Å². The highest BCUT2D eigenvalue weighted by Gasteiger charge is 2.68. The van der Waals surface area contributed by atoms with Gasteiger partial charge in [0.05, 0.1) is 6.61 Å². The van der Waals surface area contributed by atoms with Gasteiger partial charge in [-0.2, -0.15) is 52.3 Å². The van der Waals surface area contributed by atoms with Gasteiger partial charge in [0.15, 0.2) is 0 Å². The number of halogens is 10. The number of esters is 1. The van der Waals surface area contributed by atoms with Crippen LogP contribution in [-0.2, 0) is 29.2 Å². The molecule has 0 aliphatic carbocycles. The molecule has 0 saturated carbocycles. The predicted molar refractivity (Wildman–Crippen MR) is 118 cm³/mol. The molecule has 0 spiro atoms. The van der Waals surface area contributed by atoms with Crippen LogP contribution in [0.2, 0.25) is 0 Å². The van der Waals surface area contributed by atoms with Gasteiger partial charge >= 0.3 is 51.3 Å². The first-order valence-electron chi connectivity index (χ1n) is 11.6. The Kier molecular flexibility index (Phi) is 13.4. The van der Waals surface area contributed by atoms with Crippen molar-refractivity contribution in [2.24, 2.45) is 0 Å². The summed E-state index contributed by atoms with van der Waals surface area (Å²) in [6, 6.07) is 0. The Morgan fingerprint density at radius 2 is 1.32 bits per heavy atom. The van der Waals surface area contributed by atoms with Crippen molar-refractivity contribution in [3.8, 4) is 0 Å². The summed E-state index contributed by atoms with van der Waals surface area (Å²) in [6.07, 6.45) is -14.9. The van der Waals surface area contributed by atoms with Gasteiger partial charge in [-0.3, -0.25) is 9.35 Å². The summed E-state index contributed by atoms with van der Waals surface area (Å²) in [6.45, 7) is 3.31. The lowest BCUT2D eigenvalue weighted by molar-refractivity contribution is -0.351. The van der Waals surface area contributed by atoms with Crippen molar-refractivity contribution in [2.75, 3.05) is 19.7 Å². The molecule has 0 fully saturated rings. The number of rotatable bonds is 17. The van der Waals surface area contributed by atoms with E-state index in [1.807, 2.05) is 0 Å². The van der Waals surface area contributed by atoms with Crippen LogP contribution in [0.1, 0.15) is 58.8 Å². The minimum Gasteiger partial charge on any atom is -0.412 e. The summed E-state index contributed by atoms with van der Waals surface area (Å²) in [4.78, 5) is 25.6. The van der Waals surface area contributed by atoms with Gasteiger partial charge in [0, 0.05) is 19.5 Å². The first-order chi connectivity index (χ1) is 17.9. The Bertz CT molecular complexity index is 975. The molecule has 8 nitrogen and oxygen atoms in total. The van der Waals surface area contributed by atoms with Crippen LogP contribution < -0.4 is 0 Å². The summed E-state index contributed by atoms with van der Waals surface area (Å²) in [7, 11) is -6.59. The number of alkyl halides is 10. The van der Waals surface area contributed by atoms with Crippen molar-refractivity contribution >= 4 is 22.0 Å². The molecule has 1 N–H and O–H groups in total. The van der Waals surface area contributed by atoms with E-state index in [0.717, 1.165) is 0 Å². The summed E-state index contributed by atoms with van der Waals surface area (Å²) < 4.78 is 173. The SMILES string of the molecule is C=C(C(=O)OC(OCCCCC(F)(F)C(F)(F)S(=O)(=O)O)(C(=O)N(CCCC)CCCC)C(F)(F)F)C(F)(F)F. The lowest BCUT2D eigenvalue weighted by Gasteiger charge is -2.37. The fourth-order valence-corrected chi connectivity index (χ4v) is 3.40. The lowest BCUT2D eigenvalue weighted by Crippen LogP contribution is -2.63. The number of amides is 1. The number of ether oxygens (including phenoxy) is 2. The maximum absolute atomic E-state index is 14.3. The fraction of sp³-hybridized carbons (Fsp3) is 0.810. The minimum absolute atomic E-state index is 0.115. The first kappa shape index (κ1) is 37.9. The van der Waals surface area contributed by atoms with Crippen LogP contribution in [0.5, 0.6) is 0 Å². The summed E-state index contributed by atoms with van der Waals surface area (Å²) in [5.41, 5.74) is -2.43. The van der Waals surface area contributed by atoms with Gasteiger partial charge in [0.2, 0.25) is 0 Å². The lowest BCUT2D eigenvalue weighted by atomic mass is 10.1. The van der Waals surface area contributed by atoms with Crippen LogP contribution in [0.3, 0.4) is 0 Å². The Hall–Kier alpha value is -2.15. The quantitative estimate of drug-likeness (QED) is 0.0554. The zero-order chi connectivity index (χ0) is 31.8. The normalized spacial score (nSPS) is 14.9. The van der Waals surface area contributed by atoms with Crippen LogP contribution >= 0.6 is 0 Å². The molecule has 0 radical (unpaired) electrons. The molecule has 0 heterocycles.